The summed E-state index contributed by atoms with van der Waals surface area (Å²) in [5.41, 5.74) is 6.67. The van der Waals surface area contributed by atoms with Gasteiger partial charge in [-0.25, -0.2) is 9.78 Å². The highest BCUT2D eigenvalue weighted by atomic mass is 16.5. The van der Waals surface area contributed by atoms with Gasteiger partial charge in [-0.2, -0.15) is 0 Å². The van der Waals surface area contributed by atoms with Gasteiger partial charge < -0.3 is 15.0 Å². The molecule has 0 radical (unpaired) electrons. The zero-order valence-electron chi connectivity index (χ0n) is 21.6. The van der Waals surface area contributed by atoms with Crippen LogP contribution in [-0.2, 0) is 9.53 Å². The molecule has 0 aliphatic carbocycles. The number of aromatic amines is 1. The van der Waals surface area contributed by atoms with Crippen LogP contribution in [0.4, 0.5) is 5.69 Å². The van der Waals surface area contributed by atoms with Crippen LogP contribution in [0.2, 0.25) is 0 Å². The van der Waals surface area contributed by atoms with Crippen LogP contribution in [0.15, 0.2) is 53.3 Å². The number of aryl methyl sites for hydroxylation is 1. The molecule has 1 aromatic carbocycles. The van der Waals surface area contributed by atoms with E-state index in [-0.39, 0.29) is 5.97 Å². The van der Waals surface area contributed by atoms with Crippen LogP contribution >= 0.6 is 0 Å². The number of esters is 1. The van der Waals surface area contributed by atoms with E-state index in [2.05, 4.69) is 36.9 Å². The molecule has 2 aromatic heterocycles. The summed E-state index contributed by atoms with van der Waals surface area (Å²) in [7, 11) is 0. The molecule has 2 aliphatic heterocycles. The molecule has 2 saturated heterocycles. The molecule has 8 heteroatoms. The van der Waals surface area contributed by atoms with E-state index in [4.69, 9.17) is 4.74 Å². The summed E-state index contributed by atoms with van der Waals surface area (Å²) in [5.74, 6) is -0.318. The van der Waals surface area contributed by atoms with Crippen molar-refractivity contribution in [1.82, 2.24) is 25.2 Å². The number of rotatable bonds is 8. The number of imidazole rings is 1. The molecule has 192 valence electrons. The van der Waals surface area contributed by atoms with Crippen molar-refractivity contribution in [2.24, 2.45) is 10.4 Å². The van der Waals surface area contributed by atoms with E-state index in [1.165, 1.54) is 12.8 Å². The number of pyridine rings is 1. The van der Waals surface area contributed by atoms with Crippen molar-refractivity contribution in [3.63, 3.8) is 0 Å². The Hall–Kier alpha value is -3.62. The van der Waals surface area contributed by atoms with Crippen LogP contribution in [0.5, 0.6) is 0 Å². The van der Waals surface area contributed by atoms with E-state index < -0.39 is 0 Å². The maximum Gasteiger partial charge on any atom is 0.333 e. The Labute approximate surface area is 217 Å². The van der Waals surface area contributed by atoms with Gasteiger partial charge in [0.1, 0.15) is 6.61 Å². The topological polar surface area (TPSA) is 95.5 Å². The van der Waals surface area contributed by atoms with Crippen LogP contribution in [0.25, 0.3) is 28.7 Å². The van der Waals surface area contributed by atoms with E-state index in [9.17, 15) is 4.79 Å². The summed E-state index contributed by atoms with van der Waals surface area (Å²) in [4.78, 5) is 31.7. The number of H-pyrrole nitrogens is 1. The van der Waals surface area contributed by atoms with Gasteiger partial charge in [-0.3, -0.25) is 14.9 Å². The lowest BCUT2D eigenvalue weighted by molar-refractivity contribution is -0.139. The van der Waals surface area contributed by atoms with Crippen molar-refractivity contribution in [3.05, 3.63) is 59.6 Å². The smallest absolute Gasteiger partial charge is 0.333 e. The molecule has 2 N–H and O–H groups in total. The zero-order chi connectivity index (χ0) is 25.8. The summed E-state index contributed by atoms with van der Waals surface area (Å²) in [6.07, 6.45) is 5.93. The van der Waals surface area contributed by atoms with Gasteiger partial charge in [-0.15, -0.1) is 0 Å². The summed E-state index contributed by atoms with van der Waals surface area (Å²) in [6, 6.07) is 11.7. The maximum absolute atomic E-state index is 12.8. The molecule has 1 atom stereocenters. The molecular weight excluding hydrogens is 464 g/mol. The van der Waals surface area contributed by atoms with Gasteiger partial charge in [0.2, 0.25) is 0 Å². The van der Waals surface area contributed by atoms with Crippen molar-refractivity contribution in [3.8, 4) is 22.6 Å². The Balaban J connectivity index is 1.28. The van der Waals surface area contributed by atoms with Crippen LogP contribution in [0, 0.1) is 12.3 Å². The van der Waals surface area contributed by atoms with Crippen molar-refractivity contribution in [2.75, 3.05) is 39.3 Å². The van der Waals surface area contributed by atoms with E-state index in [0.717, 1.165) is 66.6 Å². The first-order valence-corrected chi connectivity index (χ1v) is 12.8. The summed E-state index contributed by atoms with van der Waals surface area (Å²) in [6.45, 7) is 13.0. The lowest BCUT2D eigenvalue weighted by Crippen LogP contribution is -2.31. The minimum Gasteiger partial charge on any atom is -0.461 e. The Kier molecular flexibility index (Phi) is 7.30. The van der Waals surface area contributed by atoms with Gasteiger partial charge in [0.05, 0.1) is 29.1 Å². The number of aromatic nitrogens is 3. The fourth-order valence-electron chi connectivity index (χ4n) is 5.39. The second kappa shape index (κ2) is 10.8. The van der Waals surface area contributed by atoms with Crippen LogP contribution in [-0.4, -0.2) is 71.9 Å². The number of hydrogen-bond donors (Lipinski definition) is 2. The second-order valence-corrected chi connectivity index (χ2v) is 10.1. The van der Waals surface area contributed by atoms with Gasteiger partial charge in [0, 0.05) is 42.0 Å². The predicted octanol–water partition coefficient (Wildman–Crippen LogP) is 4.41. The molecule has 2 aliphatic rings. The van der Waals surface area contributed by atoms with Crippen molar-refractivity contribution >= 4 is 24.5 Å². The standard InChI is InChI=1S/C29H34N6O2/c1-20(28(36)37-14-13-35-12-10-29(18-35)9-11-31-17-29)15-23-16-22(7-8-24(23)30-3)26-27(33-19-32-26)25-6-4-5-21(2)34-25/h4-8,15-16,19,31H,3,9-14,17-18H2,1-2H3,(H,32,33)/b20-15+. The molecule has 8 nitrogen and oxygen atoms in total. The Morgan fingerprint density at radius 1 is 1.30 bits per heavy atom. The first kappa shape index (κ1) is 25.0. The average molecular weight is 499 g/mol. The fraction of sp³-hybridized carbons (Fsp3) is 0.379. The first-order chi connectivity index (χ1) is 18.0. The lowest BCUT2D eigenvalue weighted by atomic mass is 9.87. The number of ether oxygens (including phenoxy) is 1. The monoisotopic (exact) mass is 498 g/mol. The number of nitrogens with one attached hydrogen (secondary N) is 2. The quantitative estimate of drug-likeness (QED) is 0.271. The number of likely N-dealkylation sites (tertiary alicyclic amines) is 1. The molecule has 3 aromatic rings. The average Bonchev–Trinajstić information content (AvgIpc) is 3.66. The maximum atomic E-state index is 12.8. The normalized spacial score (nSPS) is 20.0. The first-order valence-electron chi connectivity index (χ1n) is 12.8. The summed E-state index contributed by atoms with van der Waals surface area (Å²) >= 11 is 0. The Bertz CT molecular complexity index is 1320. The third-order valence-corrected chi connectivity index (χ3v) is 7.44. The van der Waals surface area contributed by atoms with Gasteiger partial charge in [0.25, 0.3) is 0 Å². The Morgan fingerprint density at radius 3 is 2.97 bits per heavy atom. The lowest BCUT2D eigenvalue weighted by Gasteiger charge is -2.22. The summed E-state index contributed by atoms with van der Waals surface area (Å²) in [5, 5.41) is 3.48. The number of carbonyl (C=O) groups excluding carboxylic acids is 1. The molecule has 1 unspecified atom stereocenters. The number of benzene rings is 1. The van der Waals surface area contributed by atoms with E-state index in [0.29, 0.717) is 23.3 Å². The number of hydrogen-bond acceptors (Lipinski definition) is 7. The van der Waals surface area contributed by atoms with Gasteiger partial charge in [-0.1, -0.05) is 12.1 Å². The highest BCUT2D eigenvalue weighted by Gasteiger charge is 2.39. The Morgan fingerprint density at radius 2 is 2.19 bits per heavy atom. The third-order valence-electron chi connectivity index (χ3n) is 7.44. The molecule has 0 bridgehead atoms. The van der Waals surface area contributed by atoms with Crippen molar-refractivity contribution in [2.45, 2.75) is 26.7 Å². The van der Waals surface area contributed by atoms with E-state index in [1.807, 2.05) is 49.4 Å². The van der Waals surface area contributed by atoms with Crippen molar-refractivity contribution in [1.29, 1.82) is 0 Å². The fourth-order valence-corrected chi connectivity index (χ4v) is 5.39. The van der Waals surface area contributed by atoms with Crippen LogP contribution in [0.3, 0.4) is 0 Å². The van der Waals surface area contributed by atoms with E-state index >= 15 is 0 Å². The molecule has 2 fully saturated rings. The zero-order valence-corrected chi connectivity index (χ0v) is 21.6. The van der Waals surface area contributed by atoms with Crippen LogP contribution < -0.4 is 5.32 Å². The molecule has 4 heterocycles. The molecule has 1 spiro atoms. The minimum absolute atomic E-state index is 0.318. The summed E-state index contributed by atoms with van der Waals surface area (Å²) < 4.78 is 5.62. The van der Waals surface area contributed by atoms with E-state index in [1.54, 1.807) is 13.3 Å². The second-order valence-electron chi connectivity index (χ2n) is 10.1. The van der Waals surface area contributed by atoms with Gasteiger partial charge in [0.15, 0.2) is 0 Å². The van der Waals surface area contributed by atoms with Gasteiger partial charge >= 0.3 is 5.97 Å². The number of aliphatic imine (C=N–C) groups is 1. The molecule has 5 rings (SSSR count). The molecular formula is C29H34N6O2. The number of carbonyl (C=O) groups is 1. The minimum atomic E-state index is -0.318. The predicted molar refractivity (Wildman–Crippen MR) is 147 cm³/mol. The number of nitrogens with zero attached hydrogens (tertiary/aromatic N) is 4. The highest BCUT2D eigenvalue weighted by Crippen LogP contribution is 2.36. The molecule has 0 saturated carbocycles. The SMILES string of the molecule is C=Nc1ccc(-c2nc[nH]c2-c2cccc(C)n2)cc1/C=C(\C)C(=O)OCCN1CCC2(CCNC2)C1. The molecule has 0 amide bonds. The highest BCUT2D eigenvalue weighted by molar-refractivity contribution is 5.94. The van der Waals surface area contributed by atoms with Gasteiger partial charge in [-0.05, 0) is 82.3 Å². The van der Waals surface area contributed by atoms with Crippen molar-refractivity contribution < 1.29 is 9.53 Å². The van der Waals surface area contributed by atoms with Crippen LogP contribution in [0.1, 0.15) is 31.0 Å². The third kappa shape index (κ3) is 5.55. The molecule has 37 heavy (non-hydrogen) atoms. The largest absolute Gasteiger partial charge is 0.461 e.